The average molecular weight is 369 g/mol. The van der Waals surface area contributed by atoms with Crippen LogP contribution in [0.2, 0.25) is 0 Å². The lowest BCUT2D eigenvalue weighted by molar-refractivity contribution is 0.263. The van der Waals surface area contributed by atoms with Gasteiger partial charge in [-0.1, -0.05) is 0 Å². The molecule has 0 radical (unpaired) electrons. The normalized spacial score (nSPS) is 16.0. The first kappa shape index (κ1) is 16.7. The van der Waals surface area contributed by atoms with Gasteiger partial charge < -0.3 is 14.6 Å². The average Bonchev–Trinajstić information content (AvgIpc) is 2.98. The van der Waals surface area contributed by atoms with Crippen LogP contribution in [0.3, 0.4) is 0 Å². The molecule has 0 bridgehead atoms. The number of piperidine rings is 1. The molecular formula is C15H18BrFN4O. The first-order chi connectivity index (χ1) is 10.7. The number of anilines is 1. The van der Waals surface area contributed by atoms with Gasteiger partial charge >= 0.3 is 0 Å². The molecule has 1 aliphatic heterocycles. The van der Waals surface area contributed by atoms with Gasteiger partial charge in [0.1, 0.15) is 11.9 Å². The zero-order valence-corrected chi connectivity index (χ0v) is 14.2. The fourth-order valence-electron chi connectivity index (χ4n) is 2.48. The molecule has 0 atom stereocenters. The number of fused-ring (bicyclic) bond motifs is 1. The van der Waals surface area contributed by atoms with E-state index in [1.807, 2.05) is 6.07 Å². The molecule has 1 N–H and O–H groups in total. The van der Waals surface area contributed by atoms with Crippen LogP contribution in [-0.4, -0.2) is 43.2 Å². The second kappa shape index (κ2) is 7.56. The summed E-state index contributed by atoms with van der Waals surface area (Å²) in [6.07, 6.45) is 3.88. The number of nitrogens with one attached hydrogen (secondary N) is 1. The van der Waals surface area contributed by atoms with Gasteiger partial charge in [-0.15, -0.1) is 0 Å². The summed E-state index contributed by atoms with van der Waals surface area (Å²) < 4.78 is 15.7. The molecule has 7 heteroatoms. The Balaban J connectivity index is 0.000000847. The molecule has 0 amide bonds. The van der Waals surface area contributed by atoms with Crippen molar-refractivity contribution in [2.75, 3.05) is 32.6 Å². The molecule has 1 fully saturated rings. The summed E-state index contributed by atoms with van der Waals surface area (Å²) in [4.78, 5) is 6.72. The third-order valence-corrected chi connectivity index (χ3v) is 4.49. The Bertz CT molecular complexity index is 674. The van der Waals surface area contributed by atoms with Crippen molar-refractivity contribution in [1.29, 1.82) is 5.26 Å². The van der Waals surface area contributed by atoms with E-state index >= 15 is 0 Å². The largest absolute Gasteiger partial charge is 0.444 e. The Morgan fingerprint density at radius 3 is 2.77 bits per heavy atom. The molecule has 118 valence electrons. The molecule has 0 spiro atoms. The minimum atomic E-state index is 0.305. The van der Waals surface area contributed by atoms with Gasteiger partial charge in [0.2, 0.25) is 5.76 Å². The highest BCUT2D eigenvalue weighted by molar-refractivity contribution is 9.10. The van der Waals surface area contributed by atoms with E-state index in [0.717, 1.165) is 41.6 Å². The number of pyridine rings is 1. The van der Waals surface area contributed by atoms with E-state index in [9.17, 15) is 4.39 Å². The molecule has 1 aliphatic rings. The number of halogens is 2. The third-order valence-electron chi connectivity index (χ3n) is 3.69. The Labute approximate surface area is 137 Å². The van der Waals surface area contributed by atoms with Crippen LogP contribution in [0.15, 0.2) is 21.2 Å². The number of nitriles is 1. The summed E-state index contributed by atoms with van der Waals surface area (Å²) in [5.74, 6) is 1.12. The third kappa shape index (κ3) is 3.57. The highest BCUT2D eigenvalue weighted by Crippen LogP contribution is 2.32. The zero-order chi connectivity index (χ0) is 16.1. The lowest BCUT2D eigenvalue weighted by Gasteiger charge is -2.30. The number of nitrogens with zero attached hydrogens (tertiary/aromatic N) is 3. The van der Waals surface area contributed by atoms with E-state index in [0.29, 0.717) is 24.6 Å². The minimum absolute atomic E-state index is 0.305. The number of likely N-dealkylation sites (tertiary alicyclic amines) is 1. The SMILES string of the molecule is CF.CN1CCC(Nc2ncc3oc(C#N)cc3c2Br)CC1. The second-order valence-corrected chi connectivity index (χ2v) is 5.94. The monoisotopic (exact) mass is 368 g/mol. The molecule has 3 heterocycles. The Morgan fingerprint density at radius 2 is 2.14 bits per heavy atom. The molecule has 2 aromatic rings. The van der Waals surface area contributed by atoms with Crippen molar-refractivity contribution in [2.24, 2.45) is 0 Å². The standard InChI is InChI=1S/C14H15BrN4O.CH3F/c1-19-4-2-9(3-5-19)18-14-13(15)11-6-10(7-16)20-12(11)8-17-14;1-2/h6,8-9H,2-5H2,1H3,(H,17,18);1H3. The smallest absolute Gasteiger partial charge is 0.204 e. The quantitative estimate of drug-likeness (QED) is 0.877. The van der Waals surface area contributed by atoms with Crippen molar-refractivity contribution in [1.82, 2.24) is 9.88 Å². The number of aromatic nitrogens is 1. The van der Waals surface area contributed by atoms with Crippen LogP contribution in [0, 0.1) is 11.3 Å². The molecule has 1 saturated heterocycles. The number of hydrogen-bond acceptors (Lipinski definition) is 5. The second-order valence-electron chi connectivity index (χ2n) is 5.14. The van der Waals surface area contributed by atoms with Gasteiger partial charge in [0.25, 0.3) is 0 Å². The van der Waals surface area contributed by atoms with Crippen LogP contribution in [0.1, 0.15) is 18.6 Å². The summed E-state index contributed by atoms with van der Waals surface area (Å²) in [7, 11) is 2.64. The maximum absolute atomic E-state index is 9.50. The van der Waals surface area contributed by atoms with Crippen LogP contribution in [-0.2, 0) is 0 Å². The predicted octanol–water partition coefficient (Wildman–Crippen LogP) is 3.55. The minimum Gasteiger partial charge on any atom is -0.444 e. The molecule has 2 aromatic heterocycles. The summed E-state index contributed by atoms with van der Waals surface area (Å²) in [6.45, 7) is 2.20. The summed E-state index contributed by atoms with van der Waals surface area (Å²) >= 11 is 3.56. The van der Waals surface area contributed by atoms with Crippen molar-refractivity contribution >= 4 is 32.7 Å². The van der Waals surface area contributed by atoms with Crippen molar-refractivity contribution < 1.29 is 8.81 Å². The van der Waals surface area contributed by atoms with E-state index in [-0.39, 0.29) is 0 Å². The van der Waals surface area contributed by atoms with Crippen molar-refractivity contribution in [3.8, 4) is 6.07 Å². The number of alkyl halides is 1. The summed E-state index contributed by atoms with van der Waals surface area (Å²) in [6, 6.07) is 4.18. The first-order valence-corrected chi connectivity index (χ1v) is 7.77. The molecule has 0 unspecified atom stereocenters. The lowest BCUT2D eigenvalue weighted by Crippen LogP contribution is -2.36. The van der Waals surface area contributed by atoms with Crippen LogP contribution in [0.25, 0.3) is 11.0 Å². The van der Waals surface area contributed by atoms with Crippen molar-refractivity contribution in [2.45, 2.75) is 18.9 Å². The van der Waals surface area contributed by atoms with E-state index in [1.165, 1.54) is 0 Å². The molecule has 0 aromatic carbocycles. The fraction of sp³-hybridized carbons (Fsp3) is 0.467. The topological polar surface area (TPSA) is 65.1 Å². The predicted molar refractivity (Wildman–Crippen MR) is 87.6 cm³/mol. The molecule has 0 saturated carbocycles. The van der Waals surface area contributed by atoms with Gasteiger partial charge in [0.15, 0.2) is 5.58 Å². The van der Waals surface area contributed by atoms with Crippen molar-refractivity contribution in [3.63, 3.8) is 0 Å². The van der Waals surface area contributed by atoms with Crippen LogP contribution in [0.4, 0.5) is 10.2 Å². The highest BCUT2D eigenvalue weighted by atomic mass is 79.9. The van der Waals surface area contributed by atoms with Gasteiger partial charge in [-0.05, 0) is 48.9 Å². The molecule has 22 heavy (non-hydrogen) atoms. The summed E-state index contributed by atoms with van der Waals surface area (Å²) in [5.41, 5.74) is 0.627. The summed E-state index contributed by atoms with van der Waals surface area (Å²) in [5, 5.41) is 13.2. The highest BCUT2D eigenvalue weighted by Gasteiger charge is 2.19. The number of rotatable bonds is 2. The maximum atomic E-state index is 9.50. The fourth-order valence-corrected chi connectivity index (χ4v) is 3.01. The lowest BCUT2D eigenvalue weighted by atomic mass is 10.1. The van der Waals surface area contributed by atoms with Gasteiger partial charge in [0.05, 0.1) is 17.8 Å². The Morgan fingerprint density at radius 1 is 1.45 bits per heavy atom. The van der Waals surface area contributed by atoms with Gasteiger partial charge in [0, 0.05) is 17.5 Å². The van der Waals surface area contributed by atoms with Crippen LogP contribution < -0.4 is 5.32 Å². The number of furan rings is 1. The van der Waals surface area contributed by atoms with Crippen LogP contribution in [0.5, 0.6) is 0 Å². The van der Waals surface area contributed by atoms with Gasteiger partial charge in [-0.3, -0.25) is 4.39 Å². The first-order valence-electron chi connectivity index (χ1n) is 6.98. The maximum Gasteiger partial charge on any atom is 0.204 e. The molecule has 5 nitrogen and oxygen atoms in total. The Kier molecular flexibility index (Phi) is 5.75. The zero-order valence-electron chi connectivity index (χ0n) is 12.6. The molecule has 3 rings (SSSR count). The van der Waals surface area contributed by atoms with Gasteiger partial charge in [-0.25, -0.2) is 4.98 Å². The van der Waals surface area contributed by atoms with E-state index in [4.69, 9.17) is 9.68 Å². The van der Waals surface area contributed by atoms with E-state index < -0.39 is 0 Å². The number of hydrogen-bond donors (Lipinski definition) is 1. The van der Waals surface area contributed by atoms with E-state index in [1.54, 1.807) is 12.3 Å². The molecule has 0 aliphatic carbocycles. The van der Waals surface area contributed by atoms with E-state index in [2.05, 4.69) is 38.2 Å². The van der Waals surface area contributed by atoms with Crippen molar-refractivity contribution in [3.05, 3.63) is 22.5 Å². The Hall–Kier alpha value is -1.65. The molecular weight excluding hydrogens is 351 g/mol. The van der Waals surface area contributed by atoms with Crippen LogP contribution >= 0.6 is 15.9 Å². The van der Waals surface area contributed by atoms with Gasteiger partial charge in [-0.2, -0.15) is 5.26 Å².